The average molecular weight is 779 g/mol. The average Bonchev–Trinajstić information content (AvgIpc) is 3.14. The molecule has 0 unspecified atom stereocenters. The summed E-state index contributed by atoms with van der Waals surface area (Å²) in [6, 6.07) is 7.83. The van der Waals surface area contributed by atoms with E-state index in [2.05, 4.69) is 0 Å². The van der Waals surface area contributed by atoms with Crippen molar-refractivity contribution < 1.29 is 88.8 Å². The van der Waals surface area contributed by atoms with Crippen LogP contribution in [0.1, 0.15) is 50.2 Å². The maximum Gasteiger partial charge on any atom is 0.331 e. The standard InChI is InChI=1S/C37H46O18/c1-18-29(45)30(46)31(47)36(52-18)55-34-32(48)35(50-13-10-20-3-6-23(40)25(42)15-20)53-26(17-51-28(44)16-37(49)11-8-21(38)9-12-37)33(34)54-27(43)7-4-19-2-5-22(39)24(41)14-19/h2-7,14-15,18,26,29-36,39-42,45-49H,8-13,16-17H2,1H3/t18-,26+,29-,30+,31+,32+,33+,34+,35+,36-/m0/s1. The largest absolute Gasteiger partial charge is 0.504 e. The van der Waals surface area contributed by atoms with Crippen molar-refractivity contribution in [3.63, 3.8) is 0 Å². The van der Waals surface area contributed by atoms with Crippen LogP contribution in [0.2, 0.25) is 0 Å². The SMILES string of the molecule is C[C@@H]1O[C@@H](O[C@@H]2[C@@H](O)[C@H](OCCc3ccc(O)c(O)c3)O[C@H](COC(=O)CC3(O)CCC(=O)CC3)[C@H]2OC(=O)C=Cc2ccc(O)c(O)c2)[C@H](O)[C@H](O)[C@H]1O. The van der Waals surface area contributed by atoms with Crippen molar-refractivity contribution in [1.82, 2.24) is 0 Å². The summed E-state index contributed by atoms with van der Waals surface area (Å²) in [4.78, 5) is 38.0. The Morgan fingerprint density at radius 3 is 2.18 bits per heavy atom. The van der Waals surface area contributed by atoms with Gasteiger partial charge in [-0.15, -0.1) is 0 Å². The number of benzene rings is 2. The van der Waals surface area contributed by atoms with E-state index in [-0.39, 0.29) is 61.6 Å². The minimum absolute atomic E-state index is 0.0455. The highest BCUT2D eigenvalue weighted by Gasteiger charge is 2.53. The van der Waals surface area contributed by atoms with E-state index in [9.17, 15) is 60.3 Å². The van der Waals surface area contributed by atoms with Gasteiger partial charge in [0, 0.05) is 18.9 Å². The van der Waals surface area contributed by atoms with E-state index in [4.69, 9.17) is 28.4 Å². The highest BCUT2D eigenvalue weighted by molar-refractivity contribution is 5.87. The molecule has 18 heteroatoms. The van der Waals surface area contributed by atoms with Crippen molar-refractivity contribution in [2.45, 2.75) is 112 Å². The molecule has 3 fully saturated rings. The molecule has 10 atom stereocenters. The van der Waals surface area contributed by atoms with Gasteiger partial charge in [-0.25, -0.2) is 4.79 Å². The third-order valence-corrected chi connectivity index (χ3v) is 9.71. The van der Waals surface area contributed by atoms with Crippen molar-refractivity contribution in [2.75, 3.05) is 13.2 Å². The van der Waals surface area contributed by atoms with Gasteiger partial charge in [0.2, 0.25) is 0 Å². The zero-order valence-electron chi connectivity index (χ0n) is 29.7. The summed E-state index contributed by atoms with van der Waals surface area (Å²) < 4.78 is 34.5. The van der Waals surface area contributed by atoms with E-state index in [1.165, 1.54) is 49.4 Å². The molecule has 0 aromatic heterocycles. The molecule has 3 aliphatic rings. The fourth-order valence-electron chi connectivity index (χ4n) is 6.41. The van der Waals surface area contributed by atoms with Gasteiger partial charge in [0.05, 0.1) is 24.7 Å². The van der Waals surface area contributed by atoms with Crippen LogP contribution in [0.15, 0.2) is 42.5 Å². The normalized spacial score (nSPS) is 30.9. The Labute approximate surface area is 314 Å². The maximum absolute atomic E-state index is 13.3. The number of aromatic hydroxyl groups is 4. The molecule has 2 aromatic rings. The fourth-order valence-corrected chi connectivity index (χ4v) is 6.41. The van der Waals surface area contributed by atoms with Crippen LogP contribution >= 0.6 is 0 Å². The van der Waals surface area contributed by atoms with Crippen LogP contribution in [0.25, 0.3) is 6.08 Å². The van der Waals surface area contributed by atoms with Gasteiger partial charge < -0.3 is 74.4 Å². The third-order valence-electron chi connectivity index (χ3n) is 9.71. The lowest BCUT2D eigenvalue weighted by Crippen LogP contribution is -2.65. The Hall–Kier alpha value is -4.37. The van der Waals surface area contributed by atoms with E-state index in [1.54, 1.807) is 0 Å². The van der Waals surface area contributed by atoms with Crippen LogP contribution in [0.3, 0.4) is 0 Å². The molecule has 302 valence electrons. The number of phenols is 4. The molecule has 5 rings (SSSR count). The number of phenolic OH excluding ortho intramolecular Hbond substituents is 4. The molecule has 0 radical (unpaired) electrons. The number of hydrogen-bond acceptors (Lipinski definition) is 18. The van der Waals surface area contributed by atoms with Crippen LogP contribution in [-0.2, 0) is 49.2 Å². The first kappa shape index (κ1) is 41.8. The number of Topliss-reactive ketones (excluding diaryl/α,β-unsaturated/α-hetero) is 1. The van der Waals surface area contributed by atoms with Gasteiger partial charge in [-0.05, 0) is 67.7 Å². The summed E-state index contributed by atoms with van der Waals surface area (Å²) in [5.74, 6) is -3.56. The number of esters is 2. The Bertz CT molecular complexity index is 1690. The van der Waals surface area contributed by atoms with Crippen LogP contribution in [0, 0.1) is 0 Å². The summed E-state index contributed by atoms with van der Waals surface area (Å²) in [5, 5.41) is 92.9. The second kappa shape index (κ2) is 18.1. The quantitative estimate of drug-likeness (QED) is 0.0723. The predicted octanol–water partition coefficient (Wildman–Crippen LogP) is -0.201. The van der Waals surface area contributed by atoms with Crippen molar-refractivity contribution in [1.29, 1.82) is 0 Å². The molecule has 0 bridgehead atoms. The Balaban J connectivity index is 1.40. The van der Waals surface area contributed by atoms with E-state index in [0.717, 1.165) is 6.08 Å². The van der Waals surface area contributed by atoms with Crippen LogP contribution in [0.4, 0.5) is 0 Å². The van der Waals surface area contributed by atoms with Gasteiger partial charge in [-0.3, -0.25) is 9.59 Å². The monoisotopic (exact) mass is 778 g/mol. The van der Waals surface area contributed by atoms with Gasteiger partial charge in [0.25, 0.3) is 0 Å². The highest BCUT2D eigenvalue weighted by Crippen LogP contribution is 2.34. The van der Waals surface area contributed by atoms with E-state index >= 15 is 0 Å². The molecule has 1 aliphatic carbocycles. The van der Waals surface area contributed by atoms with Gasteiger partial charge in [-0.2, -0.15) is 0 Å². The second-order valence-electron chi connectivity index (χ2n) is 13.9. The van der Waals surface area contributed by atoms with E-state index in [0.29, 0.717) is 5.56 Å². The molecule has 55 heavy (non-hydrogen) atoms. The van der Waals surface area contributed by atoms with E-state index < -0.39 is 103 Å². The molecule has 0 spiro atoms. The predicted molar refractivity (Wildman–Crippen MR) is 184 cm³/mol. The van der Waals surface area contributed by atoms with Crippen LogP contribution in [0.5, 0.6) is 23.0 Å². The summed E-state index contributed by atoms with van der Waals surface area (Å²) in [6.07, 6.45) is -14.0. The van der Waals surface area contributed by atoms with Gasteiger partial charge >= 0.3 is 11.9 Å². The van der Waals surface area contributed by atoms with Gasteiger partial charge in [0.15, 0.2) is 41.7 Å². The number of ether oxygens (including phenoxy) is 6. The summed E-state index contributed by atoms with van der Waals surface area (Å²) in [5.41, 5.74) is -0.685. The zero-order chi connectivity index (χ0) is 40.0. The number of carbonyl (C=O) groups is 3. The molecule has 1 saturated carbocycles. The first-order valence-electron chi connectivity index (χ1n) is 17.6. The summed E-state index contributed by atoms with van der Waals surface area (Å²) >= 11 is 0. The first-order chi connectivity index (χ1) is 26.0. The van der Waals surface area contributed by atoms with Gasteiger partial charge in [-0.1, -0.05) is 12.1 Å². The number of carbonyl (C=O) groups excluding carboxylic acids is 3. The topological polar surface area (TPSA) is 289 Å². The minimum Gasteiger partial charge on any atom is -0.504 e. The number of hydrogen-bond donors (Lipinski definition) is 9. The van der Waals surface area contributed by atoms with Crippen molar-refractivity contribution in [2.24, 2.45) is 0 Å². The number of aliphatic hydroxyl groups is 5. The Morgan fingerprint density at radius 1 is 0.836 bits per heavy atom. The lowest BCUT2D eigenvalue weighted by atomic mass is 9.82. The molecule has 0 amide bonds. The molecular formula is C37H46O18. The number of rotatable bonds is 13. The second-order valence-corrected chi connectivity index (χ2v) is 13.9. The maximum atomic E-state index is 13.3. The Kier molecular flexibility index (Phi) is 13.7. The Morgan fingerprint density at radius 2 is 1.51 bits per heavy atom. The highest BCUT2D eigenvalue weighted by atomic mass is 16.7. The summed E-state index contributed by atoms with van der Waals surface area (Å²) in [6.45, 7) is 0.574. The minimum atomic E-state index is -1.86. The van der Waals surface area contributed by atoms with Crippen LogP contribution in [-0.4, -0.2) is 144 Å². The number of aliphatic hydroxyl groups excluding tert-OH is 4. The molecule has 18 nitrogen and oxygen atoms in total. The lowest BCUT2D eigenvalue weighted by Gasteiger charge is -2.46. The van der Waals surface area contributed by atoms with Crippen molar-refractivity contribution in [3.8, 4) is 23.0 Å². The fraction of sp³-hybridized carbons (Fsp3) is 0.541. The molecule has 2 aromatic carbocycles. The lowest BCUT2D eigenvalue weighted by molar-refractivity contribution is -0.357. The molecule has 2 saturated heterocycles. The zero-order valence-corrected chi connectivity index (χ0v) is 29.7. The smallest absolute Gasteiger partial charge is 0.331 e. The van der Waals surface area contributed by atoms with Crippen molar-refractivity contribution in [3.05, 3.63) is 53.6 Å². The van der Waals surface area contributed by atoms with Crippen LogP contribution < -0.4 is 0 Å². The van der Waals surface area contributed by atoms with E-state index in [1.807, 2.05) is 0 Å². The first-order valence-corrected chi connectivity index (χ1v) is 17.6. The molecular weight excluding hydrogens is 732 g/mol. The molecule has 2 aliphatic heterocycles. The van der Waals surface area contributed by atoms with Gasteiger partial charge in [0.1, 0.15) is 49.0 Å². The van der Waals surface area contributed by atoms with Crippen molar-refractivity contribution >= 4 is 23.8 Å². The summed E-state index contributed by atoms with van der Waals surface area (Å²) in [7, 11) is 0. The molecule has 9 N–H and O–H groups in total. The third kappa shape index (κ3) is 10.7. The molecule has 2 heterocycles. The number of ketones is 1.